The molecule has 0 saturated heterocycles. The van der Waals surface area contributed by atoms with Gasteiger partial charge >= 0.3 is 287 Å². The second kappa shape index (κ2) is 31.3. The second-order valence-electron chi connectivity index (χ2n) is 1.79. The molecule has 3 radical (unpaired) electrons. The van der Waals surface area contributed by atoms with Gasteiger partial charge in [0, 0.05) is 0 Å². The molecule has 155 valence electrons. The molecule has 0 fully saturated rings. The molecule has 0 aromatic carbocycles. The molecule has 0 bridgehead atoms. The zero-order valence-electron chi connectivity index (χ0n) is 11.3. The van der Waals surface area contributed by atoms with E-state index in [2.05, 4.69) is 0 Å². The summed E-state index contributed by atoms with van der Waals surface area (Å²) in [5.74, 6) is 0. The van der Waals surface area contributed by atoms with Gasteiger partial charge in [0.15, 0.2) is 0 Å². The maximum atomic E-state index is 8.61. The van der Waals surface area contributed by atoms with Crippen molar-refractivity contribution < 1.29 is 115 Å². The Labute approximate surface area is 280 Å². The first kappa shape index (κ1) is 63.6. The van der Waals surface area contributed by atoms with Gasteiger partial charge in [0.1, 0.15) is 0 Å². The Morgan fingerprint density at radius 3 is 0.308 bits per heavy atom. The summed E-state index contributed by atoms with van der Waals surface area (Å²) in [6, 6.07) is 0. The van der Waals surface area contributed by atoms with Crippen LogP contribution in [0.25, 0.3) is 0 Å². The van der Waals surface area contributed by atoms with Crippen molar-refractivity contribution in [2.24, 2.45) is 0 Å². The van der Waals surface area contributed by atoms with Gasteiger partial charge < -0.3 is 0 Å². The van der Waals surface area contributed by atoms with Crippen LogP contribution < -0.4 is 49.1 Å². The van der Waals surface area contributed by atoms with Gasteiger partial charge in [-0.25, -0.2) is 0 Å². The van der Waals surface area contributed by atoms with Crippen molar-refractivity contribution in [3.8, 4) is 0 Å². The van der Waals surface area contributed by atoms with E-state index in [4.69, 9.17) is 64.1 Å². The molecule has 0 rings (SSSR count). The third kappa shape index (κ3) is 657. The first-order valence-corrected chi connectivity index (χ1v) is 15.2. The molecule has 0 aliphatic carbocycles. The second-order valence-corrected chi connectivity index (χ2v) is 9.30. The van der Waals surface area contributed by atoms with E-state index in [-0.39, 0.29) is 164 Å². The van der Waals surface area contributed by atoms with E-state index in [1.807, 2.05) is 0 Å². The minimum Gasteiger partial charge on any atom is 2.00 e. The van der Waals surface area contributed by atoms with Crippen LogP contribution in [0.1, 0.15) is 0 Å². The van der Waals surface area contributed by atoms with Crippen LogP contribution in [0.4, 0.5) is 0 Å². The summed E-state index contributed by atoms with van der Waals surface area (Å²) in [7, 11) is 0. The zero-order valence-corrected chi connectivity index (χ0v) is 28.3. The quantitative estimate of drug-likeness (QED) is 0.204. The summed E-state index contributed by atoms with van der Waals surface area (Å²) < 4.78 is 138. The molecule has 0 saturated carbocycles. The van der Waals surface area contributed by atoms with Gasteiger partial charge in [-0.05, 0) is 0 Å². The van der Waals surface area contributed by atoms with E-state index in [0.717, 1.165) is 0 Å². The van der Waals surface area contributed by atoms with Crippen LogP contribution in [0.15, 0.2) is 0 Å². The summed E-state index contributed by atoms with van der Waals surface area (Å²) in [6.45, 7) is 0. The Hall–Kier alpha value is 6.29. The van der Waals surface area contributed by atoms with Crippen LogP contribution >= 0.6 is 0 Å². The fourth-order valence-corrected chi connectivity index (χ4v) is 0. The molecular formula is As4Ca3Cu3O16. The maximum absolute atomic E-state index is 8.61. The molecule has 0 aromatic rings. The smallest absolute Gasteiger partial charge is 2.00 e. The molecule has 16 nitrogen and oxygen atoms in total. The Bertz CT molecular complexity index is 305. The Kier molecular flexibility index (Phi) is 76.6. The molecule has 0 amide bonds. The summed E-state index contributed by atoms with van der Waals surface area (Å²) in [5.41, 5.74) is 0. The van der Waals surface area contributed by atoms with Crippen molar-refractivity contribution in [1.29, 1.82) is 0 Å². The monoisotopic (exact) mass is 864 g/mol. The van der Waals surface area contributed by atoms with Gasteiger partial charge in [0.2, 0.25) is 0 Å². The molecule has 0 atom stereocenters. The molecule has 26 heteroatoms. The maximum Gasteiger partial charge on any atom is 2.00 e. The topological polar surface area (TPSA) is 345 Å². The zero-order chi connectivity index (χ0) is 18.0. The summed E-state index contributed by atoms with van der Waals surface area (Å²) in [6.07, 6.45) is 0. The van der Waals surface area contributed by atoms with E-state index in [1.54, 1.807) is 0 Å². The van der Waals surface area contributed by atoms with Crippen LogP contribution in [0, 0.1) is 0 Å². The standard InChI is InChI=1S/4AsH3O4.3Ca.3Cu/c4*2-1(3,4)5;;;;;;/h4*(H3,2,3,4,5);;;;;;/q;;;;6*+2/p-12. The van der Waals surface area contributed by atoms with Crippen LogP contribution in [0.2, 0.25) is 0 Å². The van der Waals surface area contributed by atoms with Crippen molar-refractivity contribution >= 4 is 171 Å². The first-order chi connectivity index (χ1) is 8.00. The summed E-state index contributed by atoms with van der Waals surface area (Å²) in [4.78, 5) is 0. The van der Waals surface area contributed by atoms with Gasteiger partial charge in [-0.15, -0.1) is 0 Å². The molecular weight excluding hydrogens is 867 g/mol. The van der Waals surface area contributed by atoms with Gasteiger partial charge in [0.05, 0.1) is 0 Å². The normalized spacial score (nSPS) is 9.08. The van der Waals surface area contributed by atoms with Gasteiger partial charge in [0.25, 0.3) is 0 Å². The van der Waals surface area contributed by atoms with Crippen LogP contribution in [-0.4, -0.2) is 171 Å². The Morgan fingerprint density at radius 2 is 0.308 bits per heavy atom. The Balaban J connectivity index is -0.0000000152. The van der Waals surface area contributed by atoms with Crippen molar-refractivity contribution in [2.75, 3.05) is 0 Å². The number of hydrogen-bond acceptors (Lipinski definition) is 16. The van der Waals surface area contributed by atoms with Crippen molar-refractivity contribution in [3.63, 3.8) is 0 Å². The van der Waals surface area contributed by atoms with E-state index in [0.29, 0.717) is 0 Å². The largest absolute Gasteiger partial charge is 2.00 e. The number of rotatable bonds is 0. The molecule has 0 aromatic heterocycles. The van der Waals surface area contributed by atoms with Crippen LogP contribution in [0.5, 0.6) is 0 Å². The van der Waals surface area contributed by atoms with Crippen molar-refractivity contribution in [3.05, 3.63) is 0 Å². The fraction of sp³-hybridized carbons (Fsp3) is 0. The van der Waals surface area contributed by atoms with Gasteiger partial charge in [-0.1, -0.05) is 0 Å². The molecule has 26 heavy (non-hydrogen) atoms. The predicted molar refractivity (Wildman–Crippen MR) is 43.0 cm³/mol. The number of hydrogen-bond donors (Lipinski definition) is 0. The molecule has 0 unspecified atom stereocenters. The van der Waals surface area contributed by atoms with Gasteiger partial charge in [-0.2, -0.15) is 0 Å². The van der Waals surface area contributed by atoms with E-state index in [1.165, 1.54) is 0 Å². The molecule has 0 aliphatic rings. The van der Waals surface area contributed by atoms with Crippen molar-refractivity contribution in [1.82, 2.24) is 0 Å². The SMILES string of the molecule is O=[As]([O-])([O-])[O-].O=[As]([O-])([O-])[O-].O=[As]([O-])([O-])[O-].O=[As]([O-])([O-])[O-].[Ca+2].[Ca+2].[Ca+2].[Cu+2].[Cu+2].[Cu+2]. The average molecular weight is 867 g/mol. The van der Waals surface area contributed by atoms with Crippen molar-refractivity contribution in [2.45, 2.75) is 0 Å². The average Bonchev–Trinajstić information content (AvgIpc) is 1.62. The minimum atomic E-state index is -5.88. The van der Waals surface area contributed by atoms with E-state index >= 15 is 0 Å². The molecule has 0 N–H and O–H groups in total. The first-order valence-electron chi connectivity index (χ1n) is 2.92. The van der Waals surface area contributed by atoms with E-state index in [9.17, 15) is 0 Å². The third-order valence-corrected chi connectivity index (χ3v) is 0. The van der Waals surface area contributed by atoms with Crippen LogP contribution in [-0.2, 0) is 66.2 Å². The molecule has 0 aliphatic heterocycles. The summed E-state index contributed by atoms with van der Waals surface area (Å²) >= 11 is -23.5. The summed E-state index contributed by atoms with van der Waals surface area (Å²) in [5, 5.41) is 0. The predicted octanol–water partition coefficient (Wildman–Crippen LogP) is -17.4. The fourth-order valence-electron chi connectivity index (χ4n) is 0. The van der Waals surface area contributed by atoms with Gasteiger partial charge in [-0.3, -0.25) is 0 Å². The van der Waals surface area contributed by atoms with E-state index < -0.39 is 58.1 Å². The minimum absolute atomic E-state index is 0. The molecule has 0 heterocycles. The molecule has 0 spiro atoms. The third-order valence-electron chi connectivity index (χ3n) is 0. The Morgan fingerprint density at radius 1 is 0.308 bits per heavy atom. The van der Waals surface area contributed by atoms with Crippen LogP contribution in [0.3, 0.4) is 0 Å².